The van der Waals surface area contributed by atoms with E-state index in [9.17, 15) is 15.0 Å². The molecule has 1 aromatic heterocycles. The van der Waals surface area contributed by atoms with Crippen molar-refractivity contribution in [2.24, 2.45) is 0 Å². The Bertz CT molecular complexity index is 1460. The highest BCUT2D eigenvalue weighted by Crippen LogP contribution is 2.42. The quantitative estimate of drug-likeness (QED) is 0.384. The van der Waals surface area contributed by atoms with Gasteiger partial charge in [-0.15, -0.1) is 0 Å². The van der Waals surface area contributed by atoms with E-state index in [2.05, 4.69) is 33.7 Å². The van der Waals surface area contributed by atoms with Gasteiger partial charge in [0.15, 0.2) is 5.76 Å². The minimum absolute atomic E-state index is 0.0769. The van der Waals surface area contributed by atoms with Crippen molar-refractivity contribution in [1.82, 2.24) is 9.47 Å². The molecule has 0 aliphatic carbocycles. The summed E-state index contributed by atoms with van der Waals surface area (Å²) in [6.45, 7) is 4.06. The summed E-state index contributed by atoms with van der Waals surface area (Å²) in [7, 11) is 0. The molecule has 4 aromatic rings. The second kappa shape index (κ2) is 8.64. The third-order valence-corrected chi connectivity index (χ3v) is 6.91. The molecule has 1 saturated heterocycles. The molecule has 0 spiro atoms. The molecule has 2 aliphatic heterocycles. The van der Waals surface area contributed by atoms with Crippen LogP contribution in [0.2, 0.25) is 0 Å². The number of phenols is 2. The predicted octanol–water partition coefficient (Wildman–Crippen LogP) is 5.43. The number of likely N-dealkylation sites (tertiary alicyclic amines) is 1. The molecule has 3 heterocycles. The summed E-state index contributed by atoms with van der Waals surface area (Å²) >= 11 is 0. The van der Waals surface area contributed by atoms with E-state index in [1.807, 2.05) is 30.3 Å². The number of para-hydroxylation sites is 1. The summed E-state index contributed by atoms with van der Waals surface area (Å²) < 4.78 is 8.19. The Balaban J connectivity index is 1.52. The molecule has 1 fully saturated rings. The molecule has 3 aromatic carbocycles. The SMILES string of the molecule is O=C1C(=Cc2c(-c3ccccc3)n(CCN3CCCC3)c3ccccc23)Oc2cc(O)cc(O)c21. The molecule has 0 unspecified atom stereocenters. The number of phenolic OH excluding ortho intramolecular Hbond substituents is 2. The fourth-order valence-corrected chi connectivity index (χ4v) is 5.27. The molecule has 0 bridgehead atoms. The fourth-order valence-electron chi connectivity index (χ4n) is 5.27. The first-order valence-corrected chi connectivity index (χ1v) is 12.0. The lowest BCUT2D eigenvalue weighted by molar-refractivity contribution is 0.101. The van der Waals surface area contributed by atoms with Crippen LogP contribution in [0.1, 0.15) is 28.8 Å². The van der Waals surface area contributed by atoms with Gasteiger partial charge in [-0.3, -0.25) is 4.79 Å². The molecule has 0 radical (unpaired) electrons. The van der Waals surface area contributed by atoms with Crippen LogP contribution in [-0.2, 0) is 6.54 Å². The molecule has 6 rings (SSSR count). The van der Waals surface area contributed by atoms with Crippen molar-refractivity contribution in [2.75, 3.05) is 19.6 Å². The van der Waals surface area contributed by atoms with Crippen LogP contribution in [-0.4, -0.2) is 45.1 Å². The van der Waals surface area contributed by atoms with E-state index in [1.54, 1.807) is 6.08 Å². The first-order valence-electron chi connectivity index (χ1n) is 12.0. The predicted molar refractivity (Wildman–Crippen MR) is 136 cm³/mol. The van der Waals surface area contributed by atoms with Gasteiger partial charge in [0.25, 0.3) is 0 Å². The Morgan fingerprint density at radius 2 is 1.66 bits per heavy atom. The van der Waals surface area contributed by atoms with Gasteiger partial charge in [0, 0.05) is 41.7 Å². The lowest BCUT2D eigenvalue weighted by Gasteiger charge is -2.18. The van der Waals surface area contributed by atoms with E-state index in [-0.39, 0.29) is 28.6 Å². The smallest absolute Gasteiger partial charge is 0.235 e. The molecule has 6 nitrogen and oxygen atoms in total. The third kappa shape index (κ3) is 3.76. The second-order valence-electron chi connectivity index (χ2n) is 9.12. The zero-order chi connectivity index (χ0) is 23.9. The van der Waals surface area contributed by atoms with Crippen molar-refractivity contribution in [1.29, 1.82) is 0 Å². The Labute approximate surface area is 203 Å². The number of benzene rings is 3. The first-order chi connectivity index (χ1) is 17.1. The molecular formula is C29H26N2O4. The van der Waals surface area contributed by atoms with Crippen LogP contribution in [0.3, 0.4) is 0 Å². The van der Waals surface area contributed by atoms with Gasteiger partial charge in [-0.25, -0.2) is 0 Å². The van der Waals surface area contributed by atoms with Crippen molar-refractivity contribution in [3.63, 3.8) is 0 Å². The summed E-state index contributed by atoms with van der Waals surface area (Å²) in [6, 6.07) is 20.9. The number of hydrogen-bond acceptors (Lipinski definition) is 5. The lowest BCUT2D eigenvalue weighted by Crippen LogP contribution is -2.24. The molecular weight excluding hydrogens is 440 g/mol. The van der Waals surface area contributed by atoms with Crippen molar-refractivity contribution >= 4 is 22.8 Å². The maximum atomic E-state index is 13.2. The highest BCUT2D eigenvalue weighted by molar-refractivity contribution is 6.17. The van der Waals surface area contributed by atoms with Gasteiger partial charge >= 0.3 is 0 Å². The zero-order valence-electron chi connectivity index (χ0n) is 19.3. The van der Waals surface area contributed by atoms with E-state index in [0.29, 0.717) is 0 Å². The molecule has 35 heavy (non-hydrogen) atoms. The maximum Gasteiger partial charge on any atom is 0.235 e. The number of fused-ring (bicyclic) bond motifs is 2. The standard InChI is InChI=1S/C29H26N2O4/c32-20-16-24(33)27-25(17-20)35-26(29(27)34)18-22-21-10-4-5-11-23(21)31(15-14-30-12-6-7-13-30)28(22)19-8-2-1-3-9-19/h1-5,8-11,16-18,32-33H,6-7,12-15H2. The van der Waals surface area contributed by atoms with Crippen molar-refractivity contribution < 1.29 is 19.7 Å². The molecule has 0 amide bonds. The first kappa shape index (κ1) is 21.5. The number of Topliss-reactive ketones (excluding diaryl/α,β-unsaturated/α-hetero) is 1. The summed E-state index contributed by atoms with van der Waals surface area (Å²) in [5.74, 6) is -0.549. The molecule has 176 valence electrons. The molecule has 2 N–H and O–H groups in total. The number of carbonyl (C=O) groups is 1. The third-order valence-electron chi connectivity index (χ3n) is 6.91. The highest BCUT2D eigenvalue weighted by Gasteiger charge is 2.32. The van der Waals surface area contributed by atoms with Crippen LogP contribution in [0.4, 0.5) is 0 Å². The number of aromatic hydroxyl groups is 2. The monoisotopic (exact) mass is 466 g/mol. The highest BCUT2D eigenvalue weighted by atomic mass is 16.5. The zero-order valence-corrected chi connectivity index (χ0v) is 19.3. The van der Waals surface area contributed by atoms with Crippen molar-refractivity contribution in [3.8, 4) is 28.5 Å². The normalized spacial score (nSPS) is 16.8. The number of nitrogens with zero attached hydrogens (tertiary/aromatic N) is 2. The maximum absolute atomic E-state index is 13.2. The van der Waals surface area contributed by atoms with Crippen LogP contribution < -0.4 is 4.74 Å². The number of carbonyl (C=O) groups excluding carboxylic acids is 1. The summed E-state index contributed by atoms with van der Waals surface area (Å²) in [4.78, 5) is 15.7. The Morgan fingerprint density at radius 3 is 2.46 bits per heavy atom. The van der Waals surface area contributed by atoms with Crippen LogP contribution in [0.25, 0.3) is 28.2 Å². The van der Waals surface area contributed by atoms with Gasteiger partial charge in [-0.1, -0.05) is 48.5 Å². The van der Waals surface area contributed by atoms with Crippen molar-refractivity contribution in [2.45, 2.75) is 19.4 Å². The van der Waals surface area contributed by atoms with Gasteiger partial charge in [-0.05, 0) is 43.6 Å². The number of rotatable bonds is 5. The summed E-state index contributed by atoms with van der Waals surface area (Å²) in [5.41, 5.74) is 4.15. The van der Waals surface area contributed by atoms with Gasteiger partial charge in [-0.2, -0.15) is 0 Å². The average Bonchev–Trinajstić information content (AvgIpc) is 3.56. The van der Waals surface area contributed by atoms with Gasteiger partial charge in [0.05, 0.1) is 5.69 Å². The topological polar surface area (TPSA) is 74.9 Å². The van der Waals surface area contributed by atoms with Crippen LogP contribution >= 0.6 is 0 Å². The van der Waals surface area contributed by atoms with E-state index in [0.717, 1.165) is 60.0 Å². The number of aromatic nitrogens is 1. The van der Waals surface area contributed by atoms with Gasteiger partial charge < -0.3 is 24.4 Å². The Morgan fingerprint density at radius 1 is 0.914 bits per heavy atom. The molecule has 6 heteroatoms. The van der Waals surface area contributed by atoms with E-state index in [4.69, 9.17) is 4.74 Å². The van der Waals surface area contributed by atoms with Crippen LogP contribution in [0, 0.1) is 0 Å². The summed E-state index contributed by atoms with van der Waals surface area (Å²) in [6.07, 6.45) is 4.27. The molecule has 0 saturated carbocycles. The van der Waals surface area contributed by atoms with E-state index < -0.39 is 5.78 Å². The number of ether oxygens (including phenoxy) is 1. The Hall–Kier alpha value is -4.03. The number of hydrogen-bond donors (Lipinski definition) is 2. The number of ketones is 1. The second-order valence-corrected chi connectivity index (χ2v) is 9.12. The van der Waals surface area contributed by atoms with Crippen molar-refractivity contribution in [3.05, 3.63) is 83.6 Å². The minimum Gasteiger partial charge on any atom is -0.508 e. The van der Waals surface area contributed by atoms with Crippen LogP contribution in [0.5, 0.6) is 17.2 Å². The summed E-state index contributed by atoms with van der Waals surface area (Å²) in [5, 5.41) is 21.1. The lowest BCUT2D eigenvalue weighted by atomic mass is 10.0. The Kier molecular flexibility index (Phi) is 5.30. The van der Waals surface area contributed by atoms with E-state index >= 15 is 0 Å². The average molecular weight is 467 g/mol. The molecule has 0 atom stereocenters. The minimum atomic E-state index is -0.398. The van der Waals surface area contributed by atoms with Gasteiger partial charge in [0.2, 0.25) is 5.78 Å². The van der Waals surface area contributed by atoms with E-state index in [1.165, 1.54) is 18.9 Å². The fraction of sp³-hybridized carbons (Fsp3) is 0.207. The molecule has 2 aliphatic rings. The number of allylic oxidation sites excluding steroid dienone is 1. The van der Waals surface area contributed by atoms with Crippen LogP contribution in [0.15, 0.2) is 72.5 Å². The largest absolute Gasteiger partial charge is 0.508 e. The van der Waals surface area contributed by atoms with Gasteiger partial charge in [0.1, 0.15) is 22.8 Å².